The molecule has 1 aromatic heterocycles. The Labute approximate surface area is 135 Å². The summed E-state index contributed by atoms with van der Waals surface area (Å²) in [4.78, 5) is 20.7. The topological polar surface area (TPSA) is 87.3 Å². The normalized spacial score (nSPS) is 10.4. The number of nitrogens with two attached hydrogens (primary N) is 1. The van der Waals surface area contributed by atoms with Crippen LogP contribution in [0.1, 0.15) is 36.3 Å². The van der Waals surface area contributed by atoms with Gasteiger partial charge in [0.2, 0.25) is 5.95 Å². The molecule has 0 unspecified atom stereocenters. The Bertz CT molecular complexity index is 701. The summed E-state index contributed by atoms with van der Waals surface area (Å²) in [5.74, 6) is 0.290. The summed E-state index contributed by atoms with van der Waals surface area (Å²) in [7, 11) is 0. The van der Waals surface area contributed by atoms with Gasteiger partial charge in [-0.2, -0.15) is 0 Å². The van der Waals surface area contributed by atoms with E-state index in [-0.39, 0.29) is 12.6 Å². The summed E-state index contributed by atoms with van der Waals surface area (Å²) in [6.07, 6.45) is 0.879. The van der Waals surface area contributed by atoms with Gasteiger partial charge < -0.3 is 15.2 Å². The van der Waals surface area contributed by atoms with Crippen molar-refractivity contribution in [3.05, 3.63) is 35.5 Å². The molecule has 0 aliphatic rings. The van der Waals surface area contributed by atoms with Crippen LogP contribution in [0.2, 0.25) is 0 Å². The monoisotopic (exact) mass is 315 g/mol. The van der Waals surface area contributed by atoms with Crippen LogP contribution in [0.15, 0.2) is 24.3 Å². The third-order valence-corrected chi connectivity index (χ3v) is 3.19. The predicted octanol–water partition coefficient (Wildman–Crippen LogP) is 3.00. The highest BCUT2D eigenvalue weighted by Gasteiger charge is 2.22. The molecular formula is C17H21N3O3. The SMILES string of the molecule is CCCOc1ccccc1-c1nc(N)nc(C)c1C(=O)OCC. The van der Waals surface area contributed by atoms with Crippen LogP contribution in [0.4, 0.5) is 5.95 Å². The number of esters is 1. The van der Waals surface area contributed by atoms with E-state index < -0.39 is 5.97 Å². The van der Waals surface area contributed by atoms with E-state index in [0.29, 0.717) is 34.9 Å². The first-order valence-electron chi connectivity index (χ1n) is 7.61. The number of ether oxygens (including phenoxy) is 2. The fraction of sp³-hybridized carbons (Fsp3) is 0.353. The van der Waals surface area contributed by atoms with Crippen LogP contribution >= 0.6 is 0 Å². The molecule has 0 aliphatic heterocycles. The standard InChI is InChI=1S/C17H21N3O3/c1-4-10-23-13-9-7-6-8-12(13)15-14(16(21)22-5-2)11(3)19-17(18)20-15/h6-9H,4-5,10H2,1-3H3,(H2,18,19,20). The van der Waals surface area contributed by atoms with Gasteiger partial charge in [0.25, 0.3) is 0 Å². The number of nitrogens with zero attached hydrogens (tertiary/aromatic N) is 2. The first-order chi connectivity index (χ1) is 11.1. The summed E-state index contributed by atoms with van der Waals surface area (Å²) >= 11 is 0. The number of carbonyl (C=O) groups is 1. The summed E-state index contributed by atoms with van der Waals surface area (Å²) in [5.41, 5.74) is 7.70. The first kappa shape index (κ1) is 16.7. The summed E-state index contributed by atoms with van der Waals surface area (Å²) in [6, 6.07) is 7.41. The Morgan fingerprint density at radius 2 is 1.96 bits per heavy atom. The minimum atomic E-state index is -0.467. The fourth-order valence-electron chi connectivity index (χ4n) is 2.24. The van der Waals surface area contributed by atoms with Crippen molar-refractivity contribution in [1.29, 1.82) is 0 Å². The molecule has 23 heavy (non-hydrogen) atoms. The molecule has 0 saturated heterocycles. The third kappa shape index (κ3) is 3.77. The minimum absolute atomic E-state index is 0.107. The molecule has 1 aromatic carbocycles. The van der Waals surface area contributed by atoms with E-state index >= 15 is 0 Å². The molecule has 0 atom stereocenters. The zero-order chi connectivity index (χ0) is 16.8. The molecule has 122 valence electrons. The van der Waals surface area contributed by atoms with Crippen LogP contribution in [0, 0.1) is 6.92 Å². The van der Waals surface area contributed by atoms with Gasteiger partial charge in [-0.05, 0) is 32.4 Å². The van der Waals surface area contributed by atoms with Crippen LogP contribution in [0.3, 0.4) is 0 Å². The number of rotatable bonds is 6. The largest absolute Gasteiger partial charge is 0.493 e. The third-order valence-electron chi connectivity index (χ3n) is 3.19. The summed E-state index contributed by atoms with van der Waals surface area (Å²) in [5, 5.41) is 0. The average Bonchev–Trinajstić information content (AvgIpc) is 2.52. The van der Waals surface area contributed by atoms with Gasteiger partial charge in [0, 0.05) is 5.56 Å². The number of benzene rings is 1. The van der Waals surface area contributed by atoms with Crippen molar-refractivity contribution < 1.29 is 14.3 Å². The van der Waals surface area contributed by atoms with E-state index in [1.165, 1.54) is 0 Å². The van der Waals surface area contributed by atoms with Gasteiger partial charge >= 0.3 is 5.97 Å². The number of aromatic nitrogens is 2. The van der Waals surface area contributed by atoms with Gasteiger partial charge in [0.1, 0.15) is 11.3 Å². The van der Waals surface area contributed by atoms with E-state index in [0.717, 1.165) is 6.42 Å². The smallest absolute Gasteiger partial charge is 0.342 e. The number of aryl methyl sites for hydroxylation is 1. The summed E-state index contributed by atoms with van der Waals surface area (Å²) < 4.78 is 10.9. The quantitative estimate of drug-likeness (QED) is 0.825. The highest BCUT2D eigenvalue weighted by molar-refractivity contribution is 5.98. The molecule has 0 radical (unpaired) electrons. The number of hydrogen-bond acceptors (Lipinski definition) is 6. The van der Waals surface area contributed by atoms with Crippen LogP contribution in [0.5, 0.6) is 5.75 Å². The van der Waals surface area contributed by atoms with Gasteiger partial charge in [-0.15, -0.1) is 0 Å². The van der Waals surface area contributed by atoms with Crippen LogP contribution in [-0.4, -0.2) is 29.2 Å². The molecule has 0 fully saturated rings. The molecule has 1 heterocycles. The average molecular weight is 315 g/mol. The van der Waals surface area contributed by atoms with E-state index in [1.54, 1.807) is 13.8 Å². The molecule has 0 spiro atoms. The van der Waals surface area contributed by atoms with Crippen molar-refractivity contribution in [2.75, 3.05) is 18.9 Å². The van der Waals surface area contributed by atoms with E-state index in [4.69, 9.17) is 15.2 Å². The Kier molecular flexibility index (Phi) is 5.51. The van der Waals surface area contributed by atoms with Crippen molar-refractivity contribution in [3.63, 3.8) is 0 Å². The second-order valence-electron chi connectivity index (χ2n) is 4.96. The molecule has 0 aliphatic carbocycles. The summed E-state index contributed by atoms with van der Waals surface area (Å²) in [6.45, 7) is 6.34. The number of para-hydroxylation sites is 1. The molecule has 6 nitrogen and oxygen atoms in total. The molecule has 0 saturated carbocycles. The van der Waals surface area contributed by atoms with Gasteiger partial charge in [0.15, 0.2) is 0 Å². The van der Waals surface area contributed by atoms with Gasteiger partial charge in [-0.25, -0.2) is 14.8 Å². The minimum Gasteiger partial charge on any atom is -0.493 e. The second kappa shape index (κ2) is 7.58. The lowest BCUT2D eigenvalue weighted by Crippen LogP contribution is -2.13. The van der Waals surface area contributed by atoms with Gasteiger partial charge in [-0.3, -0.25) is 0 Å². The molecule has 2 N–H and O–H groups in total. The van der Waals surface area contributed by atoms with Crippen LogP contribution < -0.4 is 10.5 Å². The Morgan fingerprint density at radius 1 is 1.22 bits per heavy atom. The van der Waals surface area contributed by atoms with Crippen molar-refractivity contribution in [1.82, 2.24) is 9.97 Å². The highest BCUT2D eigenvalue weighted by atomic mass is 16.5. The first-order valence-corrected chi connectivity index (χ1v) is 7.61. The lowest BCUT2D eigenvalue weighted by molar-refractivity contribution is 0.0525. The highest BCUT2D eigenvalue weighted by Crippen LogP contribution is 2.32. The molecule has 2 aromatic rings. The zero-order valence-electron chi connectivity index (χ0n) is 13.6. The Balaban J connectivity index is 2.61. The number of nitrogen functional groups attached to an aromatic ring is 1. The van der Waals surface area contributed by atoms with E-state index in [1.807, 2.05) is 31.2 Å². The Hall–Kier alpha value is -2.63. The molecular weight excluding hydrogens is 294 g/mol. The van der Waals surface area contributed by atoms with Crippen molar-refractivity contribution in [2.24, 2.45) is 0 Å². The van der Waals surface area contributed by atoms with Gasteiger partial charge in [0.05, 0.1) is 24.6 Å². The predicted molar refractivity (Wildman–Crippen MR) is 88.4 cm³/mol. The molecule has 6 heteroatoms. The lowest BCUT2D eigenvalue weighted by Gasteiger charge is -2.14. The van der Waals surface area contributed by atoms with E-state index in [2.05, 4.69) is 9.97 Å². The second-order valence-corrected chi connectivity index (χ2v) is 4.96. The maximum Gasteiger partial charge on any atom is 0.342 e. The maximum atomic E-state index is 12.3. The molecule has 0 amide bonds. The molecule has 0 bridgehead atoms. The number of hydrogen-bond donors (Lipinski definition) is 1. The van der Waals surface area contributed by atoms with Crippen molar-refractivity contribution in [2.45, 2.75) is 27.2 Å². The maximum absolute atomic E-state index is 12.3. The van der Waals surface area contributed by atoms with Crippen molar-refractivity contribution >= 4 is 11.9 Å². The van der Waals surface area contributed by atoms with Crippen molar-refractivity contribution in [3.8, 4) is 17.0 Å². The van der Waals surface area contributed by atoms with E-state index in [9.17, 15) is 4.79 Å². The molecule has 2 rings (SSSR count). The van der Waals surface area contributed by atoms with Crippen LogP contribution in [-0.2, 0) is 4.74 Å². The van der Waals surface area contributed by atoms with Crippen LogP contribution in [0.25, 0.3) is 11.3 Å². The fourth-order valence-corrected chi connectivity index (χ4v) is 2.24. The Morgan fingerprint density at radius 3 is 2.65 bits per heavy atom. The zero-order valence-corrected chi connectivity index (χ0v) is 13.6. The number of anilines is 1. The lowest BCUT2D eigenvalue weighted by atomic mass is 10.0. The number of carbonyl (C=O) groups excluding carboxylic acids is 1. The van der Waals surface area contributed by atoms with Gasteiger partial charge in [-0.1, -0.05) is 19.1 Å².